The van der Waals surface area contributed by atoms with E-state index in [2.05, 4.69) is 42.1 Å². The zero-order valence-electron chi connectivity index (χ0n) is 11.7. The van der Waals surface area contributed by atoms with Gasteiger partial charge in [-0.15, -0.1) is 11.3 Å². The van der Waals surface area contributed by atoms with Crippen molar-refractivity contribution in [3.05, 3.63) is 39.0 Å². The highest BCUT2D eigenvalue weighted by atomic mass is 32.1. The molecule has 1 atom stereocenters. The van der Waals surface area contributed by atoms with E-state index in [4.69, 9.17) is 0 Å². The first kappa shape index (κ1) is 12.6. The van der Waals surface area contributed by atoms with E-state index in [0.29, 0.717) is 6.04 Å². The lowest BCUT2D eigenvalue weighted by atomic mass is 10.1. The molecule has 0 saturated heterocycles. The van der Waals surface area contributed by atoms with Gasteiger partial charge in [0.1, 0.15) is 12.1 Å². The van der Waals surface area contributed by atoms with Gasteiger partial charge in [0.05, 0.1) is 6.04 Å². The summed E-state index contributed by atoms with van der Waals surface area (Å²) in [5.41, 5.74) is 3.93. The number of aryl methyl sites for hydroxylation is 3. The van der Waals surface area contributed by atoms with Crippen LogP contribution in [0.5, 0.6) is 0 Å². The predicted molar refractivity (Wildman–Crippen MR) is 79.9 cm³/mol. The fourth-order valence-electron chi connectivity index (χ4n) is 2.85. The van der Waals surface area contributed by atoms with Gasteiger partial charge in [-0.05, 0) is 51.7 Å². The monoisotopic (exact) mass is 273 g/mol. The average molecular weight is 273 g/mol. The SMILES string of the molecule is Cc1cc(C(C)Nc2ncnc3c2CCC3)c(C)s1. The van der Waals surface area contributed by atoms with Crippen molar-refractivity contribution in [2.24, 2.45) is 0 Å². The molecule has 0 amide bonds. The van der Waals surface area contributed by atoms with Crippen LogP contribution in [0, 0.1) is 13.8 Å². The van der Waals surface area contributed by atoms with Gasteiger partial charge in [-0.3, -0.25) is 0 Å². The molecule has 2 heterocycles. The Balaban J connectivity index is 1.86. The van der Waals surface area contributed by atoms with Crippen molar-refractivity contribution in [3.8, 4) is 0 Å². The van der Waals surface area contributed by atoms with Crippen LogP contribution in [0.2, 0.25) is 0 Å². The Bertz CT molecular complexity index is 603. The van der Waals surface area contributed by atoms with Crippen LogP contribution >= 0.6 is 11.3 Å². The average Bonchev–Trinajstić information content (AvgIpc) is 2.96. The minimum atomic E-state index is 0.296. The molecule has 0 spiro atoms. The molecule has 100 valence electrons. The van der Waals surface area contributed by atoms with Crippen LogP contribution in [0.3, 0.4) is 0 Å². The second kappa shape index (κ2) is 4.93. The van der Waals surface area contributed by atoms with Gasteiger partial charge >= 0.3 is 0 Å². The van der Waals surface area contributed by atoms with E-state index >= 15 is 0 Å². The summed E-state index contributed by atoms with van der Waals surface area (Å²) in [6.07, 6.45) is 5.09. The van der Waals surface area contributed by atoms with Crippen molar-refractivity contribution in [1.82, 2.24) is 9.97 Å². The smallest absolute Gasteiger partial charge is 0.133 e. The second-order valence-electron chi connectivity index (χ2n) is 5.24. The Labute approximate surface area is 118 Å². The lowest BCUT2D eigenvalue weighted by molar-refractivity contribution is 0.860. The Morgan fingerprint density at radius 3 is 2.84 bits per heavy atom. The van der Waals surface area contributed by atoms with E-state index in [0.717, 1.165) is 18.7 Å². The third-order valence-electron chi connectivity index (χ3n) is 3.77. The van der Waals surface area contributed by atoms with Gasteiger partial charge < -0.3 is 5.32 Å². The largest absolute Gasteiger partial charge is 0.363 e. The number of rotatable bonds is 3. The normalized spacial score (nSPS) is 15.3. The van der Waals surface area contributed by atoms with Crippen molar-refractivity contribution in [2.75, 3.05) is 5.32 Å². The van der Waals surface area contributed by atoms with Gasteiger partial charge in [-0.2, -0.15) is 0 Å². The van der Waals surface area contributed by atoms with E-state index < -0.39 is 0 Å². The predicted octanol–water partition coefficient (Wildman–Crippen LogP) is 3.82. The molecule has 3 rings (SSSR count). The summed E-state index contributed by atoms with van der Waals surface area (Å²) in [6.45, 7) is 6.56. The van der Waals surface area contributed by atoms with Crippen molar-refractivity contribution in [2.45, 2.75) is 46.1 Å². The van der Waals surface area contributed by atoms with Crippen LogP contribution in [0.1, 0.15) is 46.0 Å². The number of hydrogen-bond acceptors (Lipinski definition) is 4. The summed E-state index contributed by atoms with van der Waals surface area (Å²) in [7, 11) is 0. The molecule has 0 saturated carbocycles. The van der Waals surface area contributed by atoms with Crippen LogP contribution in [-0.2, 0) is 12.8 Å². The first-order chi connectivity index (χ1) is 9.15. The molecule has 1 unspecified atom stereocenters. The summed E-state index contributed by atoms with van der Waals surface area (Å²) >= 11 is 1.86. The molecule has 2 aromatic heterocycles. The highest BCUT2D eigenvalue weighted by molar-refractivity contribution is 7.12. The van der Waals surface area contributed by atoms with Crippen LogP contribution in [0.25, 0.3) is 0 Å². The van der Waals surface area contributed by atoms with E-state index in [1.807, 2.05) is 11.3 Å². The number of thiophene rings is 1. The molecule has 0 aromatic carbocycles. The third kappa shape index (κ3) is 2.37. The van der Waals surface area contributed by atoms with E-state index in [-0.39, 0.29) is 0 Å². The van der Waals surface area contributed by atoms with Gasteiger partial charge in [-0.25, -0.2) is 9.97 Å². The first-order valence-electron chi connectivity index (χ1n) is 6.81. The lowest BCUT2D eigenvalue weighted by Crippen LogP contribution is -2.10. The molecule has 19 heavy (non-hydrogen) atoms. The highest BCUT2D eigenvalue weighted by Gasteiger charge is 2.19. The maximum atomic E-state index is 4.43. The molecule has 0 fully saturated rings. The van der Waals surface area contributed by atoms with E-state index in [1.165, 1.54) is 33.0 Å². The summed E-state index contributed by atoms with van der Waals surface area (Å²) < 4.78 is 0. The second-order valence-corrected chi connectivity index (χ2v) is 6.70. The fraction of sp³-hybridized carbons (Fsp3) is 0.467. The molecular weight excluding hydrogens is 254 g/mol. The third-order valence-corrected chi connectivity index (χ3v) is 4.76. The maximum Gasteiger partial charge on any atom is 0.133 e. The van der Waals surface area contributed by atoms with Crippen LogP contribution < -0.4 is 5.32 Å². The topological polar surface area (TPSA) is 37.8 Å². The molecule has 4 heteroatoms. The molecule has 0 aliphatic heterocycles. The van der Waals surface area contributed by atoms with Crippen molar-refractivity contribution >= 4 is 17.2 Å². The first-order valence-corrected chi connectivity index (χ1v) is 7.63. The minimum absolute atomic E-state index is 0.296. The Kier molecular flexibility index (Phi) is 3.27. The van der Waals surface area contributed by atoms with Crippen molar-refractivity contribution in [1.29, 1.82) is 0 Å². The number of aromatic nitrogens is 2. The van der Waals surface area contributed by atoms with Crippen molar-refractivity contribution in [3.63, 3.8) is 0 Å². The molecule has 1 aliphatic rings. The highest BCUT2D eigenvalue weighted by Crippen LogP contribution is 2.31. The minimum Gasteiger partial charge on any atom is -0.363 e. The van der Waals surface area contributed by atoms with Crippen LogP contribution in [0.15, 0.2) is 12.4 Å². The van der Waals surface area contributed by atoms with Gasteiger partial charge in [0, 0.05) is 21.0 Å². The Morgan fingerprint density at radius 2 is 2.11 bits per heavy atom. The lowest BCUT2D eigenvalue weighted by Gasteiger charge is -2.16. The number of anilines is 1. The standard InChI is InChI=1S/C15H19N3S/c1-9-7-13(11(3)19-9)10(2)18-15-12-5-4-6-14(12)16-8-17-15/h7-8,10H,4-6H2,1-3H3,(H,16,17,18). The quantitative estimate of drug-likeness (QED) is 0.924. The molecule has 0 radical (unpaired) electrons. The number of hydrogen-bond donors (Lipinski definition) is 1. The molecule has 0 bridgehead atoms. The van der Waals surface area contributed by atoms with Gasteiger partial charge in [0.25, 0.3) is 0 Å². The molecule has 3 nitrogen and oxygen atoms in total. The Hall–Kier alpha value is -1.42. The van der Waals surface area contributed by atoms with Gasteiger partial charge in [0.2, 0.25) is 0 Å². The van der Waals surface area contributed by atoms with E-state index in [1.54, 1.807) is 6.33 Å². The zero-order chi connectivity index (χ0) is 13.4. The Morgan fingerprint density at radius 1 is 1.26 bits per heavy atom. The number of fused-ring (bicyclic) bond motifs is 1. The van der Waals surface area contributed by atoms with Gasteiger partial charge in [-0.1, -0.05) is 0 Å². The molecular formula is C15H19N3S. The summed E-state index contributed by atoms with van der Waals surface area (Å²) in [6, 6.07) is 2.57. The zero-order valence-corrected chi connectivity index (χ0v) is 12.5. The van der Waals surface area contributed by atoms with Crippen LogP contribution in [0.4, 0.5) is 5.82 Å². The molecule has 1 N–H and O–H groups in total. The summed E-state index contributed by atoms with van der Waals surface area (Å²) in [5, 5.41) is 3.57. The van der Waals surface area contributed by atoms with Crippen LogP contribution in [-0.4, -0.2) is 9.97 Å². The molecule has 2 aromatic rings. The van der Waals surface area contributed by atoms with Gasteiger partial charge in [0.15, 0.2) is 0 Å². The maximum absolute atomic E-state index is 4.43. The summed E-state index contributed by atoms with van der Waals surface area (Å²) in [5.74, 6) is 1.03. The molecule has 1 aliphatic carbocycles. The van der Waals surface area contributed by atoms with Crippen molar-refractivity contribution < 1.29 is 0 Å². The van der Waals surface area contributed by atoms with E-state index in [9.17, 15) is 0 Å². The summed E-state index contributed by atoms with van der Waals surface area (Å²) in [4.78, 5) is 11.6. The number of nitrogens with zero attached hydrogens (tertiary/aromatic N) is 2. The fourth-order valence-corrected chi connectivity index (χ4v) is 3.87. The number of nitrogens with one attached hydrogen (secondary N) is 1.